The Bertz CT molecular complexity index is 1010. The van der Waals surface area contributed by atoms with E-state index < -0.39 is 11.7 Å². The molecule has 41 heavy (non-hydrogen) atoms. The van der Waals surface area contributed by atoms with Crippen LogP contribution >= 0.6 is 0 Å². The van der Waals surface area contributed by atoms with Gasteiger partial charge in [-0.05, 0) is 69.3 Å². The Kier molecular flexibility index (Phi) is 13.4. The molecule has 2 fully saturated rings. The van der Waals surface area contributed by atoms with Crippen LogP contribution in [0.25, 0.3) is 0 Å². The van der Waals surface area contributed by atoms with Gasteiger partial charge in [-0.1, -0.05) is 0 Å². The fourth-order valence-corrected chi connectivity index (χ4v) is 5.14. The van der Waals surface area contributed by atoms with E-state index in [-0.39, 0.29) is 69.0 Å². The summed E-state index contributed by atoms with van der Waals surface area (Å²) in [7, 11) is 0. The third kappa shape index (κ3) is 11.4. The number of halogens is 1. The van der Waals surface area contributed by atoms with E-state index >= 15 is 0 Å². The normalized spacial score (nSPS) is 23.0. The number of fused-ring (bicyclic) bond motifs is 1. The predicted octanol–water partition coefficient (Wildman–Crippen LogP) is 0.790. The molecule has 0 saturated carbocycles. The van der Waals surface area contributed by atoms with E-state index in [2.05, 4.69) is 34.7 Å². The van der Waals surface area contributed by atoms with Crippen LogP contribution in [0.3, 0.4) is 0 Å². The number of likely N-dealkylation sites (tertiary alicyclic amines) is 1. The van der Waals surface area contributed by atoms with Crippen LogP contribution in [-0.2, 0) is 23.9 Å². The van der Waals surface area contributed by atoms with E-state index in [1.54, 1.807) is 0 Å². The molecule has 0 aliphatic carbocycles. The first kappa shape index (κ1) is 32.4. The number of nitrogens with one attached hydrogen (secondary N) is 3. The second-order valence-electron chi connectivity index (χ2n) is 10.8. The number of rotatable bonds is 5. The molecular formula is C29H44FN5O6. The smallest absolute Gasteiger partial charge is 0.251 e. The lowest BCUT2D eigenvalue weighted by molar-refractivity contribution is -0.140. The summed E-state index contributed by atoms with van der Waals surface area (Å²) in [6.07, 6.45) is 2.09. The summed E-state index contributed by atoms with van der Waals surface area (Å²) in [5.41, 5.74) is 0.295. The van der Waals surface area contributed by atoms with Crippen LogP contribution in [0.4, 0.5) is 4.39 Å². The van der Waals surface area contributed by atoms with E-state index in [1.807, 2.05) is 0 Å². The SMILES string of the molecule is CC(C)N1CC[C@H]2CC(=O)NCCOCCOCC(=O)N(CCNC(=O)c3ccc(F)cc3)CC(=O)NCC[C@H]2C1. The predicted molar refractivity (Wildman–Crippen MR) is 151 cm³/mol. The number of amides is 4. The second kappa shape index (κ2) is 17.0. The van der Waals surface area contributed by atoms with Gasteiger partial charge in [0.25, 0.3) is 5.91 Å². The summed E-state index contributed by atoms with van der Waals surface area (Å²) in [5, 5.41) is 8.56. The molecule has 1 aromatic carbocycles. The molecule has 3 N–H and O–H groups in total. The molecular weight excluding hydrogens is 533 g/mol. The number of nitrogens with zero attached hydrogens (tertiary/aromatic N) is 2. The number of ether oxygens (including phenoxy) is 2. The molecule has 12 heteroatoms. The Hall–Kier alpha value is -3.09. The number of hydrogen-bond acceptors (Lipinski definition) is 7. The van der Waals surface area contributed by atoms with Crippen molar-refractivity contribution < 1.29 is 33.0 Å². The minimum atomic E-state index is -0.441. The maximum atomic E-state index is 13.2. The van der Waals surface area contributed by atoms with Crippen molar-refractivity contribution in [2.75, 3.05) is 72.2 Å². The Morgan fingerprint density at radius 3 is 2.49 bits per heavy atom. The van der Waals surface area contributed by atoms with Crippen LogP contribution < -0.4 is 16.0 Å². The van der Waals surface area contributed by atoms with Crippen molar-refractivity contribution in [3.8, 4) is 0 Å². The fourth-order valence-electron chi connectivity index (χ4n) is 5.14. The fraction of sp³-hybridized carbons (Fsp3) is 0.655. The van der Waals surface area contributed by atoms with E-state index in [4.69, 9.17) is 9.47 Å². The molecule has 0 unspecified atom stereocenters. The summed E-state index contributed by atoms with van der Waals surface area (Å²) in [4.78, 5) is 54.4. The molecule has 3 rings (SSSR count). The summed E-state index contributed by atoms with van der Waals surface area (Å²) >= 11 is 0. The van der Waals surface area contributed by atoms with Gasteiger partial charge in [-0.25, -0.2) is 4.39 Å². The van der Waals surface area contributed by atoms with Crippen molar-refractivity contribution in [2.24, 2.45) is 11.8 Å². The lowest BCUT2D eigenvalue weighted by Crippen LogP contribution is -2.47. The number of carbonyl (C=O) groups excluding carboxylic acids is 4. The molecule has 2 heterocycles. The largest absolute Gasteiger partial charge is 0.377 e. The average molecular weight is 578 g/mol. The maximum absolute atomic E-state index is 13.2. The molecule has 2 atom stereocenters. The number of carbonyl (C=O) groups is 4. The number of piperidine rings is 1. The third-order valence-electron chi connectivity index (χ3n) is 7.56. The molecule has 4 amide bonds. The van der Waals surface area contributed by atoms with Gasteiger partial charge >= 0.3 is 0 Å². The maximum Gasteiger partial charge on any atom is 0.251 e. The molecule has 2 saturated heterocycles. The minimum Gasteiger partial charge on any atom is -0.377 e. The molecule has 0 spiro atoms. The van der Waals surface area contributed by atoms with Gasteiger partial charge in [0.15, 0.2) is 0 Å². The molecule has 228 valence electrons. The summed E-state index contributed by atoms with van der Waals surface area (Å²) in [6, 6.07) is 5.55. The van der Waals surface area contributed by atoms with Crippen molar-refractivity contribution in [1.82, 2.24) is 25.8 Å². The van der Waals surface area contributed by atoms with Gasteiger partial charge < -0.3 is 35.2 Å². The minimum absolute atomic E-state index is 0.00700. The van der Waals surface area contributed by atoms with Crippen molar-refractivity contribution in [1.29, 1.82) is 0 Å². The summed E-state index contributed by atoms with van der Waals surface area (Å²) in [5.74, 6) is -1.06. The van der Waals surface area contributed by atoms with Crippen molar-refractivity contribution in [3.05, 3.63) is 35.6 Å². The van der Waals surface area contributed by atoms with Gasteiger partial charge in [0, 0.05) is 50.7 Å². The zero-order valence-electron chi connectivity index (χ0n) is 24.2. The quantitative estimate of drug-likeness (QED) is 0.472. The number of benzene rings is 1. The highest BCUT2D eigenvalue weighted by Crippen LogP contribution is 2.30. The zero-order chi connectivity index (χ0) is 29.6. The Labute approximate surface area is 241 Å². The summed E-state index contributed by atoms with van der Waals surface area (Å²) in [6.45, 7) is 7.53. The van der Waals surface area contributed by atoms with Crippen LogP contribution in [0, 0.1) is 17.7 Å². The Morgan fingerprint density at radius 1 is 1.00 bits per heavy atom. The summed E-state index contributed by atoms with van der Waals surface area (Å²) < 4.78 is 24.1. The lowest BCUT2D eigenvalue weighted by atomic mass is 9.80. The van der Waals surface area contributed by atoms with Crippen LogP contribution in [0.5, 0.6) is 0 Å². The highest BCUT2D eigenvalue weighted by Gasteiger charge is 2.31. The molecule has 0 radical (unpaired) electrons. The molecule has 1 aromatic rings. The standard InChI is InChI=1S/C29H44FN5O6/c1-21(2)34-12-8-23-17-26(36)32-11-14-40-15-16-41-20-28(38)35(19-27(37)31-9-7-24(23)18-34)13-10-33-29(39)22-3-5-25(30)6-4-22/h3-6,21,23-24H,7-20H2,1-2H3,(H,31,37)(H,32,36)(H,33,39)/t23-,24-/m0/s1. The van der Waals surface area contributed by atoms with Gasteiger partial charge in [0.05, 0.1) is 26.4 Å². The Morgan fingerprint density at radius 2 is 1.73 bits per heavy atom. The van der Waals surface area contributed by atoms with Gasteiger partial charge in [-0.3, -0.25) is 19.2 Å². The molecule has 0 aromatic heterocycles. The zero-order valence-corrected chi connectivity index (χ0v) is 24.2. The van der Waals surface area contributed by atoms with Crippen LogP contribution in [-0.4, -0.2) is 112 Å². The molecule has 0 bridgehead atoms. The first-order valence-corrected chi connectivity index (χ1v) is 14.5. The molecule has 2 aliphatic rings. The van der Waals surface area contributed by atoms with Crippen molar-refractivity contribution in [2.45, 2.75) is 39.2 Å². The highest BCUT2D eigenvalue weighted by atomic mass is 19.1. The monoisotopic (exact) mass is 577 g/mol. The van der Waals surface area contributed by atoms with E-state index in [0.29, 0.717) is 37.7 Å². The first-order chi connectivity index (χ1) is 19.7. The van der Waals surface area contributed by atoms with Gasteiger partial charge in [-0.15, -0.1) is 0 Å². The van der Waals surface area contributed by atoms with Gasteiger partial charge in [0.1, 0.15) is 12.4 Å². The van der Waals surface area contributed by atoms with Crippen molar-refractivity contribution in [3.63, 3.8) is 0 Å². The highest BCUT2D eigenvalue weighted by molar-refractivity contribution is 5.94. The van der Waals surface area contributed by atoms with E-state index in [1.165, 1.54) is 29.2 Å². The lowest BCUT2D eigenvalue weighted by Gasteiger charge is -2.40. The van der Waals surface area contributed by atoms with E-state index in [9.17, 15) is 23.6 Å². The Balaban J connectivity index is 1.60. The first-order valence-electron chi connectivity index (χ1n) is 14.5. The second-order valence-corrected chi connectivity index (χ2v) is 10.8. The topological polar surface area (TPSA) is 129 Å². The van der Waals surface area contributed by atoms with Crippen molar-refractivity contribution >= 4 is 23.6 Å². The van der Waals surface area contributed by atoms with E-state index in [0.717, 1.165) is 25.9 Å². The molecule has 2 aliphatic heterocycles. The van der Waals surface area contributed by atoms with Gasteiger partial charge in [0.2, 0.25) is 17.7 Å². The average Bonchev–Trinajstić information content (AvgIpc) is 2.94. The third-order valence-corrected chi connectivity index (χ3v) is 7.56. The number of hydrogen-bond donors (Lipinski definition) is 3. The van der Waals surface area contributed by atoms with Crippen LogP contribution in [0.1, 0.15) is 43.5 Å². The van der Waals surface area contributed by atoms with Crippen LogP contribution in [0.2, 0.25) is 0 Å². The van der Waals surface area contributed by atoms with Gasteiger partial charge in [-0.2, -0.15) is 0 Å². The molecule has 11 nitrogen and oxygen atoms in total. The van der Waals surface area contributed by atoms with Crippen LogP contribution in [0.15, 0.2) is 24.3 Å².